The van der Waals surface area contributed by atoms with Gasteiger partial charge in [0.25, 0.3) is 0 Å². The fraction of sp³-hybridized carbons (Fsp3) is 0.235. The van der Waals surface area contributed by atoms with Gasteiger partial charge < -0.3 is 35.6 Å². The molecule has 0 bridgehead atoms. The quantitative estimate of drug-likeness (QED) is 0.445. The molecule has 136 valence electrons. The van der Waals surface area contributed by atoms with Gasteiger partial charge in [-0.25, -0.2) is 4.79 Å². The number of carboxylic acid groups (broad SMARTS) is 1. The van der Waals surface area contributed by atoms with E-state index >= 15 is 0 Å². The highest BCUT2D eigenvalue weighted by Crippen LogP contribution is 2.27. The first kappa shape index (κ1) is 20.1. The van der Waals surface area contributed by atoms with Crippen molar-refractivity contribution < 1.29 is 35.1 Å². The van der Waals surface area contributed by atoms with Crippen LogP contribution < -0.4 is 10.1 Å². The third-order valence-electron chi connectivity index (χ3n) is 3.21. The molecule has 0 amide bonds. The molecule has 25 heavy (non-hydrogen) atoms. The van der Waals surface area contributed by atoms with Crippen LogP contribution in [0.3, 0.4) is 0 Å². The van der Waals surface area contributed by atoms with Gasteiger partial charge in [-0.15, -0.1) is 0 Å². The highest BCUT2D eigenvalue weighted by molar-refractivity contribution is 5.88. The third-order valence-corrected chi connectivity index (χ3v) is 3.21. The molecule has 0 aliphatic rings. The van der Waals surface area contributed by atoms with E-state index in [0.717, 1.165) is 0 Å². The van der Waals surface area contributed by atoms with Crippen LogP contribution in [0, 0.1) is 0 Å². The van der Waals surface area contributed by atoms with E-state index in [1.807, 2.05) is 0 Å². The molecule has 8 heteroatoms. The lowest BCUT2D eigenvalue weighted by Gasteiger charge is -2.10. The molecule has 0 spiro atoms. The number of carbonyl (C=O) groups is 1. The number of aliphatic hydroxyl groups excluding tert-OH is 1. The summed E-state index contributed by atoms with van der Waals surface area (Å²) in [6, 6.07) is 8.11. The number of methoxy groups -OCH3 is 1. The zero-order valence-electron chi connectivity index (χ0n) is 13.8. The lowest BCUT2D eigenvalue weighted by molar-refractivity contribution is 0.0696. The lowest BCUT2D eigenvalue weighted by atomic mass is 10.1. The summed E-state index contributed by atoms with van der Waals surface area (Å²) in [4.78, 5) is 10.4. The minimum atomic E-state index is -1.05. The zero-order valence-corrected chi connectivity index (χ0v) is 13.8. The first-order chi connectivity index (χ1) is 11.8. The molecule has 0 radical (unpaired) electrons. The molecule has 0 saturated heterocycles. The number of nitrogens with one attached hydrogen (secondary N) is 1. The van der Waals surface area contributed by atoms with E-state index in [0.29, 0.717) is 12.1 Å². The second-order valence-electron chi connectivity index (χ2n) is 5.01. The monoisotopic (exact) mass is 351 g/mol. The van der Waals surface area contributed by atoms with Crippen LogP contribution >= 0.6 is 0 Å². The van der Waals surface area contributed by atoms with Crippen LogP contribution in [0.15, 0.2) is 36.4 Å². The normalized spacial score (nSPS) is 11.2. The van der Waals surface area contributed by atoms with Crippen molar-refractivity contribution >= 4 is 5.97 Å². The molecule has 0 heterocycles. The van der Waals surface area contributed by atoms with Gasteiger partial charge >= 0.3 is 5.97 Å². The van der Waals surface area contributed by atoms with Crippen LogP contribution in [0.5, 0.6) is 23.0 Å². The van der Waals surface area contributed by atoms with E-state index in [-0.39, 0.29) is 28.6 Å². The molecule has 1 atom stereocenters. The standard InChI is InChI=1S/C9H13NO3.C8H8O4/c1-10-5-9(13)6-2-3-7(11)8(12)4-6;1-12-7-4-5(8(10)11)2-3-6(7)9/h2-4,9-13H,5H2,1H3;2-4,9H,1H3,(H,10,11)/t9-;/m0./s1. The Kier molecular flexibility index (Phi) is 7.51. The van der Waals surface area contributed by atoms with Gasteiger partial charge in [0.2, 0.25) is 0 Å². The Labute approximate surface area is 144 Å². The summed E-state index contributed by atoms with van der Waals surface area (Å²) in [7, 11) is 3.09. The summed E-state index contributed by atoms with van der Waals surface area (Å²) < 4.78 is 4.72. The summed E-state index contributed by atoms with van der Waals surface area (Å²) in [5.74, 6) is -1.35. The topological polar surface area (TPSA) is 139 Å². The molecule has 2 rings (SSSR count). The van der Waals surface area contributed by atoms with Gasteiger partial charge in [-0.2, -0.15) is 0 Å². The highest BCUT2D eigenvalue weighted by Gasteiger charge is 2.08. The Morgan fingerprint density at radius 3 is 2.24 bits per heavy atom. The van der Waals surface area contributed by atoms with E-state index in [1.54, 1.807) is 13.1 Å². The largest absolute Gasteiger partial charge is 0.504 e. The number of aromatic carboxylic acids is 1. The van der Waals surface area contributed by atoms with Crippen molar-refractivity contribution in [3.8, 4) is 23.0 Å². The molecule has 2 aromatic carbocycles. The summed E-state index contributed by atoms with van der Waals surface area (Å²) in [6.45, 7) is 0.407. The van der Waals surface area contributed by atoms with Crippen molar-refractivity contribution in [3.05, 3.63) is 47.5 Å². The number of ether oxygens (including phenoxy) is 1. The predicted molar refractivity (Wildman–Crippen MR) is 90.3 cm³/mol. The van der Waals surface area contributed by atoms with E-state index in [1.165, 1.54) is 37.4 Å². The van der Waals surface area contributed by atoms with Gasteiger partial charge in [-0.1, -0.05) is 6.07 Å². The Hall–Kier alpha value is -2.97. The Bertz CT molecular complexity index is 718. The number of hydrogen-bond donors (Lipinski definition) is 6. The molecule has 0 aliphatic heterocycles. The smallest absolute Gasteiger partial charge is 0.335 e. The Morgan fingerprint density at radius 1 is 1.08 bits per heavy atom. The van der Waals surface area contributed by atoms with Crippen molar-refractivity contribution in [3.63, 3.8) is 0 Å². The molecular formula is C17H21NO7. The van der Waals surface area contributed by atoms with Gasteiger partial charge in [-0.3, -0.25) is 0 Å². The highest BCUT2D eigenvalue weighted by atomic mass is 16.5. The van der Waals surface area contributed by atoms with Crippen LogP contribution in [0.2, 0.25) is 0 Å². The molecule has 6 N–H and O–H groups in total. The number of benzene rings is 2. The molecule has 0 fully saturated rings. The van der Waals surface area contributed by atoms with Crippen molar-refractivity contribution in [2.75, 3.05) is 20.7 Å². The minimum Gasteiger partial charge on any atom is -0.504 e. The number of likely N-dealkylation sites (N-methyl/N-ethyl adjacent to an activating group) is 1. The molecule has 8 nitrogen and oxygen atoms in total. The number of aliphatic hydroxyl groups is 1. The summed E-state index contributed by atoms with van der Waals surface area (Å²) in [5, 5.41) is 48.1. The Balaban J connectivity index is 0.000000251. The van der Waals surface area contributed by atoms with Crippen molar-refractivity contribution in [1.29, 1.82) is 0 Å². The Morgan fingerprint density at radius 2 is 1.72 bits per heavy atom. The second kappa shape index (κ2) is 9.36. The summed E-state index contributed by atoms with van der Waals surface area (Å²) in [6.07, 6.45) is -0.670. The van der Waals surface area contributed by atoms with E-state index in [4.69, 9.17) is 25.2 Å². The summed E-state index contributed by atoms with van der Waals surface area (Å²) in [5.41, 5.74) is 0.661. The van der Waals surface area contributed by atoms with Crippen molar-refractivity contribution in [2.45, 2.75) is 6.10 Å². The van der Waals surface area contributed by atoms with Crippen molar-refractivity contribution in [1.82, 2.24) is 5.32 Å². The molecule has 0 saturated carbocycles. The van der Waals surface area contributed by atoms with E-state index in [9.17, 15) is 9.90 Å². The van der Waals surface area contributed by atoms with Crippen molar-refractivity contribution in [2.24, 2.45) is 0 Å². The van der Waals surface area contributed by atoms with E-state index in [2.05, 4.69) is 5.32 Å². The average molecular weight is 351 g/mol. The SMILES string of the molecule is CNC[C@H](O)c1ccc(O)c(O)c1.COc1cc(C(=O)O)ccc1O. The van der Waals surface area contributed by atoms with Crippen LogP contribution in [-0.4, -0.2) is 52.2 Å². The van der Waals surface area contributed by atoms with Gasteiger partial charge in [-0.05, 0) is 42.9 Å². The van der Waals surface area contributed by atoms with E-state index < -0.39 is 12.1 Å². The van der Waals surface area contributed by atoms with Crippen LogP contribution in [0.4, 0.5) is 0 Å². The van der Waals surface area contributed by atoms with Gasteiger partial charge in [0.1, 0.15) is 0 Å². The average Bonchev–Trinajstić information content (AvgIpc) is 2.58. The lowest BCUT2D eigenvalue weighted by Crippen LogP contribution is -2.16. The molecule has 0 aromatic heterocycles. The minimum absolute atomic E-state index is 0.0671. The number of carboxylic acids is 1. The number of phenols is 3. The third kappa shape index (κ3) is 5.87. The molecule has 0 unspecified atom stereocenters. The fourth-order valence-corrected chi connectivity index (χ4v) is 1.87. The number of aromatic hydroxyl groups is 3. The van der Waals surface area contributed by atoms with Gasteiger partial charge in [0, 0.05) is 6.54 Å². The van der Waals surface area contributed by atoms with Crippen LogP contribution in [0.1, 0.15) is 22.0 Å². The molecular weight excluding hydrogens is 330 g/mol. The number of phenolic OH excluding ortho intramolecular Hbond substituents is 3. The number of hydrogen-bond acceptors (Lipinski definition) is 7. The first-order valence-electron chi connectivity index (χ1n) is 7.25. The first-order valence-corrected chi connectivity index (χ1v) is 7.25. The van der Waals surface area contributed by atoms with Crippen LogP contribution in [0.25, 0.3) is 0 Å². The maximum atomic E-state index is 10.4. The molecule has 2 aromatic rings. The fourth-order valence-electron chi connectivity index (χ4n) is 1.87. The predicted octanol–water partition coefficient (Wildman–Crippen LogP) is 1.45. The molecule has 0 aliphatic carbocycles. The van der Waals surface area contributed by atoms with Crippen LogP contribution in [-0.2, 0) is 0 Å². The number of rotatable bonds is 5. The van der Waals surface area contributed by atoms with Gasteiger partial charge in [0.15, 0.2) is 23.0 Å². The summed E-state index contributed by atoms with van der Waals surface area (Å²) >= 11 is 0. The maximum absolute atomic E-state index is 10.4. The second-order valence-corrected chi connectivity index (χ2v) is 5.01. The van der Waals surface area contributed by atoms with Gasteiger partial charge in [0.05, 0.1) is 18.8 Å². The zero-order chi connectivity index (χ0) is 19.0. The maximum Gasteiger partial charge on any atom is 0.335 e.